The Morgan fingerprint density at radius 1 is 0.903 bits per heavy atom. The lowest BCUT2D eigenvalue weighted by molar-refractivity contribution is 0.102. The van der Waals surface area contributed by atoms with Crippen molar-refractivity contribution in [2.24, 2.45) is 5.92 Å². The Balaban J connectivity index is 1.71. The van der Waals surface area contributed by atoms with Crippen molar-refractivity contribution in [3.8, 4) is 0 Å². The van der Waals surface area contributed by atoms with Crippen molar-refractivity contribution in [2.45, 2.75) is 26.8 Å². The van der Waals surface area contributed by atoms with Crippen molar-refractivity contribution in [3.63, 3.8) is 0 Å². The van der Waals surface area contributed by atoms with Gasteiger partial charge in [-0.1, -0.05) is 80.6 Å². The molecule has 0 atom stereocenters. The zero-order valence-corrected chi connectivity index (χ0v) is 17.7. The predicted octanol–water partition coefficient (Wildman–Crippen LogP) is 4.90. The van der Waals surface area contributed by atoms with E-state index in [0.29, 0.717) is 23.7 Å². The smallest absolute Gasteiger partial charge is 0.276 e. The van der Waals surface area contributed by atoms with Gasteiger partial charge in [0.15, 0.2) is 5.69 Å². The summed E-state index contributed by atoms with van der Waals surface area (Å²) in [6.07, 6.45) is 0.707. The second kappa shape index (κ2) is 8.96. The highest BCUT2D eigenvalue weighted by atomic mass is 16.2. The van der Waals surface area contributed by atoms with Crippen LogP contribution in [0.15, 0.2) is 83.7 Å². The molecule has 0 radical (unpaired) electrons. The maximum atomic E-state index is 13.3. The first-order chi connectivity index (χ1) is 15.0. The largest absolute Gasteiger partial charge is 0.320 e. The minimum Gasteiger partial charge on any atom is -0.320 e. The molecular weight excluding hydrogens is 386 g/mol. The molecule has 3 aromatic carbocycles. The number of anilines is 1. The average Bonchev–Trinajstić information content (AvgIpc) is 2.77. The fraction of sp³-hybridized carbons (Fsp3) is 0.192. The van der Waals surface area contributed by atoms with Crippen molar-refractivity contribution in [1.82, 2.24) is 9.78 Å². The summed E-state index contributed by atoms with van der Waals surface area (Å²) in [5.74, 6) is -0.0944. The number of para-hydroxylation sites is 1. The highest BCUT2D eigenvalue weighted by Gasteiger charge is 2.18. The highest BCUT2D eigenvalue weighted by molar-refractivity contribution is 6.11. The number of benzene rings is 3. The fourth-order valence-corrected chi connectivity index (χ4v) is 3.67. The molecule has 156 valence electrons. The Morgan fingerprint density at radius 3 is 2.29 bits per heavy atom. The number of rotatable bonds is 6. The average molecular weight is 412 g/mol. The van der Waals surface area contributed by atoms with Gasteiger partial charge in [-0.2, -0.15) is 5.10 Å². The van der Waals surface area contributed by atoms with Crippen molar-refractivity contribution in [2.75, 3.05) is 5.32 Å². The van der Waals surface area contributed by atoms with Crippen LogP contribution in [0, 0.1) is 5.92 Å². The van der Waals surface area contributed by atoms with Gasteiger partial charge in [0.1, 0.15) is 0 Å². The Labute approximate surface area is 181 Å². The summed E-state index contributed by atoms with van der Waals surface area (Å²) in [4.78, 5) is 26.1. The molecule has 0 fully saturated rings. The summed E-state index contributed by atoms with van der Waals surface area (Å²) in [7, 11) is 0. The van der Waals surface area contributed by atoms with Crippen LogP contribution < -0.4 is 10.9 Å². The number of carbonyl (C=O) groups is 1. The van der Waals surface area contributed by atoms with E-state index in [-0.39, 0.29) is 23.1 Å². The third kappa shape index (κ3) is 4.56. The topological polar surface area (TPSA) is 64.0 Å². The lowest BCUT2D eigenvalue weighted by Crippen LogP contribution is -2.29. The molecule has 5 heteroatoms. The van der Waals surface area contributed by atoms with Crippen LogP contribution in [0.4, 0.5) is 5.69 Å². The Morgan fingerprint density at radius 2 is 1.55 bits per heavy atom. The number of nitrogens with zero attached hydrogens (tertiary/aromatic N) is 2. The first-order valence-electron chi connectivity index (χ1n) is 10.5. The Kier molecular flexibility index (Phi) is 5.94. The van der Waals surface area contributed by atoms with Gasteiger partial charge in [0.05, 0.1) is 5.39 Å². The molecule has 1 heterocycles. The van der Waals surface area contributed by atoms with E-state index in [0.717, 1.165) is 11.3 Å². The van der Waals surface area contributed by atoms with Crippen LogP contribution in [-0.4, -0.2) is 15.7 Å². The number of hydrogen-bond acceptors (Lipinski definition) is 3. The molecule has 5 nitrogen and oxygen atoms in total. The summed E-state index contributed by atoms with van der Waals surface area (Å²) < 4.78 is 1.40. The zero-order valence-electron chi connectivity index (χ0n) is 17.7. The molecular formula is C26H25N3O2. The summed E-state index contributed by atoms with van der Waals surface area (Å²) in [5, 5.41) is 8.53. The van der Waals surface area contributed by atoms with Crippen LogP contribution in [-0.2, 0) is 13.0 Å². The van der Waals surface area contributed by atoms with E-state index in [2.05, 4.69) is 22.5 Å². The molecule has 0 saturated heterocycles. The number of fused-ring (bicyclic) bond motifs is 1. The lowest BCUT2D eigenvalue weighted by atomic mass is 10.0. The molecule has 0 aliphatic rings. The molecule has 0 unspecified atom stereocenters. The van der Waals surface area contributed by atoms with Crippen LogP contribution in [0.3, 0.4) is 0 Å². The third-order valence-electron chi connectivity index (χ3n) is 5.12. The second-order valence-corrected chi connectivity index (χ2v) is 8.05. The monoisotopic (exact) mass is 411 g/mol. The minimum absolute atomic E-state index is 0.176. The maximum Gasteiger partial charge on any atom is 0.276 e. The van der Waals surface area contributed by atoms with Gasteiger partial charge in [0.25, 0.3) is 11.5 Å². The van der Waals surface area contributed by atoms with Gasteiger partial charge in [0, 0.05) is 17.6 Å². The molecule has 0 saturated carbocycles. The van der Waals surface area contributed by atoms with Crippen LogP contribution in [0.2, 0.25) is 0 Å². The number of carbonyl (C=O) groups excluding carboxylic acids is 1. The van der Waals surface area contributed by atoms with Gasteiger partial charge in [-0.3, -0.25) is 9.59 Å². The SMILES string of the molecule is CC(C)Cn1nc(C(=O)Nc2ccccc2Cc2ccccc2)c2ccccc2c1=O. The number of hydrogen-bond donors (Lipinski definition) is 1. The third-order valence-corrected chi connectivity index (χ3v) is 5.12. The first-order valence-corrected chi connectivity index (χ1v) is 10.5. The van der Waals surface area contributed by atoms with E-state index >= 15 is 0 Å². The van der Waals surface area contributed by atoms with Gasteiger partial charge in [-0.05, 0) is 35.6 Å². The number of amides is 1. The molecule has 0 aliphatic carbocycles. The predicted molar refractivity (Wildman–Crippen MR) is 124 cm³/mol. The quantitative estimate of drug-likeness (QED) is 0.491. The van der Waals surface area contributed by atoms with Crippen LogP contribution in [0.5, 0.6) is 0 Å². The molecule has 0 aliphatic heterocycles. The Hall–Kier alpha value is -3.73. The molecule has 1 N–H and O–H groups in total. The number of nitrogens with one attached hydrogen (secondary N) is 1. The van der Waals surface area contributed by atoms with Crippen molar-refractivity contribution in [1.29, 1.82) is 0 Å². The van der Waals surface area contributed by atoms with Crippen LogP contribution in [0.1, 0.15) is 35.5 Å². The summed E-state index contributed by atoms with van der Waals surface area (Å²) >= 11 is 0. The lowest BCUT2D eigenvalue weighted by Gasteiger charge is -2.14. The second-order valence-electron chi connectivity index (χ2n) is 8.05. The molecule has 0 bridgehead atoms. The van der Waals surface area contributed by atoms with Gasteiger partial charge < -0.3 is 5.32 Å². The van der Waals surface area contributed by atoms with Crippen LogP contribution >= 0.6 is 0 Å². The molecule has 4 aromatic rings. The summed E-state index contributed by atoms with van der Waals surface area (Å²) in [6, 6.07) is 25.0. The standard InChI is InChI=1S/C26H25N3O2/c1-18(2)17-29-26(31)22-14-8-7-13-21(22)24(28-29)25(30)27-23-15-9-6-12-20(23)16-19-10-4-3-5-11-19/h3-15,18H,16-17H2,1-2H3,(H,27,30). The minimum atomic E-state index is -0.325. The zero-order chi connectivity index (χ0) is 21.8. The van der Waals surface area contributed by atoms with E-state index < -0.39 is 0 Å². The van der Waals surface area contributed by atoms with E-state index in [1.807, 2.05) is 62.4 Å². The van der Waals surface area contributed by atoms with E-state index in [9.17, 15) is 9.59 Å². The highest BCUT2D eigenvalue weighted by Crippen LogP contribution is 2.21. The van der Waals surface area contributed by atoms with E-state index in [1.165, 1.54) is 10.2 Å². The molecule has 1 aromatic heterocycles. The van der Waals surface area contributed by atoms with E-state index in [1.54, 1.807) is 18.2 Å². The number of aromatic nitrogens is 2. The van der Waals surface area contributed by atoms with Crippen molar-refractivity contribution >= 4 is 22.4 Å². The van der Waals surface area contributed by atoms with Gasteiger partial charge in [0.2, 0.25) is 0 Å². The van der Waals surface area contributed by atoms with Crippen LogP contribution in [0.25, 0.3) is 10.8 Å². The first kappa shape index (κ1) is 20.5. The molecule has 0 spiro atoms. The molecule has 4 rings (SSSR count). The van der Waals surface area contributed by atoms with Gasteiger partial charge in [-0.15, -0.1) is 0 Å². The van der Waals surface area contributed by atoms with Crippen molar-refractivity contribution < 1.29 is 4.79 Å². The molecule has 1 amide bonds. The van der Waals surface area contributed by atoms with E-state index in [4.69, 9.17) is 0 Å². The van der Waals surface area contributed by atoms with Crippen molar-refractivity contribution in [3.05, 3.63) is 106 Å². The van der Waals surface area contributed by atoms with Gasteiger partial charge >= 0.3 is 0 Å². The summed E-state index contributed by atoms with van der Waals surface area (Å²) in [5.41, 5.74) is 3.00. The Bertz CT molecular complexity index is 1280. The normalized spacial score (nSPS) is 11.1. The molecule has 31 heavy (non-hydrogen) atoms. The summed E-state index contributed by atoms with van der Waals surface area (Å²) in [6.45, 7) is 4.49. The fourth-order valence-electron chi connectivity index (χ4n) is 3.67. The van der Waals surface area contributed by atoms with Gasteiger partial charge in [-0.25, -0.2) is 4.68 Å². The maximum absolute atomic E-state index is 13.3.